The van der Waals surface area contributed by atoms with Crippen molar-refractivity contribution < 1.29 is 0 Å². The van der Waals surface area contributed by atoms with E-state index in [1.54, 1.807) is 0 Å². The summed E-state index contributed by atoms with van der Waals surface area (Å²) in [4.78, 5) is 4.21. The van der Waals surface area contributed by atoms with Crippen LogP contribution >= 0.6 is 0 Å². The van der Waals surface area contributed by atoms with Gasteiger partial charge in [-0.15, -0.1) is 5.10 Å². The molecule has 13 heavy (non-hydrogen) atoms. The van der Waals surface area contributed by atoms with Crippen LogP contribution in [0.5, 0.6) is 0 Å². The van der Waals surface area contributed by atoms with Crippen LogP contribution in [-0.2, 0) is 0 Å². The molecular formula is C8H9N5. The SMILES string of the molecule is c1nc2n[nH]nc2cc1C1CNC1. The topological polar surface area (TPSA) is 66.5 Å². The lowest BCUT2D eigenvalue weighted by Crippen LogP contribution is -2.39. The van der Waals surface area contributed by atoms with E-state index in [0.29, 0.717) is 11.6 Å². The molecule has 0 amide bonds. The van der Waals surface area contributed by atoms with Crippen LogP contribution in [0.4, 0.5) is 0 Å². The molecule has 1 aliphatic heterocycles. The van der Waals surface area contributed by atoms with E-state index in [1.807, 2.05) is 6.20 Å². The second-order valence-corrected chi connectivity index (χ2v) is 3.29. The van der Waals surface area contributed by atoms with Gasteiger partial charge in [0.05, 0.1) is 0 Å². The Hall–Kier alpha value is -1.49. The molecule has 2 aromatic heterocycles. The molecule has 2 aromatic rings. The number of nitrogens with one attached hydrogen (secondary N) is 2. The van der Waals surface area contributed by atoms with Crippen LogP contribution in [0, 0.1) is 0 Å². The zero-order valence-electron chi connectivity index (χ0n) is 6.99. The number of hydrogen-bond donors (Lipinski definition) is 2. The number of pyridine rings is 1. The highest BCUT2D eigenvalue weighted by atomic mass is 15.3. The van der Waals surface area contributed by atoms with Crippen LogP contribution in [-0.4, -0.2) is 33.5 Å². The Labute approximate surface area is 74.6 Å². The first kappa shape index (κ1) is 6.97. The number of rotatable bonds is 1. The number of hydrogen-bond acceptors (Lipinski definition) is 4. The van der Waals surface area contributed by atoms with Crippen LogP contribution < -0.4 is 5.32 Å². The molecule has 0 unspecified atom stereocenters. The largest absolute Gasteiger partial charge is 0.315 e. The molecule has 5 heteroatoms. The summed E-state index contributed by atoms with van der Waals surface area (Å²) in [6, 6.07) is 2.05. The molecule has 0 aliphatic carbocycles. The fourth-order valence-corrected chi connectivity index (χ4v) is 1.50. The third-order valence-electron chi connectivity index (χ3n) is 2.45. The minimum atomic E-state index is 0.605. The van der Waals surface area contributed by atoms with Crippen molar-refractivity contribution in [3.05, 3.63) is 17.8 Å². The number of aromatic nitrogens is 4. The second kappa shape index (κ2) is 2.50. The number of nitrogens with zero attached hydrogens (tertiary/aromatic N) is 3. The summed E-state index contributed by atoms with van der Waals surface area (Å²) < 4.78 is 0. The highest BCUT2D eigenvalue weighted by Gasteiger charge is 2.19. The minimum Gasteiger partial charge on any atom is -0.315 e. The number of aromatic amines is 1. The Kier molecular flexibility index (Phi) is 1.34. The van der Waals surface area contributed by atoms with Gasteiger partial charge in [0, 0.05) is 25.2 Å². The van der Waals surface area contributed by atoms with Crippen LogP contribution in [0.2, 0.25) is 0 Å². The van der Waals surface area contributed by atoms with Gasteiger partial charge in [0.1, 0.15) is 5.52 Å². The molecule has 1 fully saturated rings. The molecule has 0 atom stereocenters. The van der Waals surface area contributed by atoms with Gasteiger partial charge in [0.15, 0.2) is 0 Å². The van der Waals surface area contributed by atoms with Crippen molar-refractivity contribution in [3.8, 4) is 0 Å². The third kappa shape index (κ3) is 1.01. The van der Waals surface area contributed by atoms with E-state index in [4.69, 9.17) is 0 Å². The monoisotopic (exact) mass is 175 g/mol. The van der Waals surface area contributed by atoms with Crippen molar-refractivity contribution in [1.82, 2.24) is 25.7 Å². The average molecular weight is 175 g/mol. The van der Waals surface area contributed by atoms with Crippen molar-refractivity contribution in [2.24, 2.45) is 0 Å². The Bertz CT molecular complexity index is 431. The second-order valence-electron chi connectivity index (χ2n) is 3.29. The summed E-state index contributed by atoms with van der Waals surface area (Å²) in [6.45, 7) is 2.09. The van der Waals surface area contributed by atoms with Gasteiger partial charge in [0.25, 0.3) is 0 Å². The third-order valence-corrected chi connectivity index (χ3v) is 2.45. The summed E-state index contributed by atoms with van der Waals surface area (Å²) in [5.74, 6) is 0.605. The van der Waals surface area contributed by atoms with Crippen LogP contribution in [0.15, 0.2) is 12.3 Å². The van der Waals surface area contributed by atoms with Gasteiger partial charge in [-0.1, -0.05) is 0 Å². The maximum Gasteiger partial charge on any atom is 0.201 e. The first-order chi connectivity index (χ1) is 6.43. The Morgan fingerprint density at radius 3 is 3.00 bits per heavy atom. The first-order valence-electron chi connectivity index (χ1n) is 4.30. The quantitative estimate of drug-likeness (QED) is 0.642. The Morgan fingerprint density at radius 1 is 1.31 bits per heavy atom. The summed E-state index contributed by atoms with van der Waals surface area (Å²) in [7, 11) is 0. The molecule has 0 radical (unpaired) electrons. The smallest absolute Gasteiger partial charge is 0.201 e. The lowest BCUT2D eigenvalue weighted by atomic mass is 9.95. The normalized spacial score (nSPS) is 17.5. The zero-order valence-corrected chi connectivity index (χ0v) is 6.99. The van der Waals surface area contributed by atoms with E-state index in [9.17, 15) is 0 Å². The lowest BCUT2D eigenvalue weighted by Gasteiger charge is -2.26. The fraction of sp³-hybridized carbons (Fsp3) is 0.375. The predicted molar refractivity (Wildman–Crippen MR) is 47.3 cm³/mol. The standard InChI is InChI=1S/C8H9N5/c1-5(6-2-9-3-6)4-10-8-7(1)11-13-12-8/h1,4,6,9H,2-3H2,(H,10,11,12,13). The van der Waals surface area contributed by atoms with E-state index in [-0.39, 0.29) is 0 Å². The van der Waals surface area contributed by atoms with E-state index in [0.717, 1.165) is 18.6 Å². The van der Waals surface area contributed by atoms with Crippen LogP contribution in [0.1, 0.15) is 11.5 Å². The zero-order chi connectivity index (χ0) is 8.67. The van der Waals surface area contributed by atoms with Gasteiger partial charge in [0.2, 0.25) is 5.65 Å². The summed E-state index contributed by atoms with van der Waals surface area (Å²) in [6.07, 6.45) is 1.89. The van der Waals surface area contributed by atoms with E-state index >= 15 is 0 Å². The van der Waals surface area contributed by atoms with Crippen molar-refractivity contribution >= 4 is 11.2 Å². The van der Waals surface area contributed by atoms with Crippen molar-refractivity contribution in [1.29, 1.82) is 0 Å². The maximum atomic E-state index is 4.21. The maximum absolute atomic E-state index is 4.21. The first-order valence-corrected chi connectivity index (χ1v) is 4.30. The van der Waals surface area contributed by atoms with Crippen molar-refractivity contribution in [3.63, 3.8) is 0 Å². The summed E-state index contributed by atoms with van der Waals surface area (Å²) in [5, 5.41) is 13.7. The molecule has 5 nitrogen and oxygen atoms in total. The molecule has 1 saturated heterocycles. The van der Waals surface area contributed by atoms with Gasteiger partial charge in [-0.25, -0.2) is 4.98 Å². The highest BCUT2D eigenvalue weighted by Crippen LogP contribution is 2.20. The Balaban J connectivity index is 2.09. The molecular weight excluding hydrogens is 166 g/mol. The van der Waals surface area contributed by atoms with Crippen LogP contribution in [0.25, 0.3) is 11.2 Å². The molecule has 2 N–H and O–H groups in total. The lowest BCUT2D eigenvalue weighted by molar-refractivity contribution is 0.448. The number of fused-ring (bicyclic) bond motifs is 1. The van der Waals surface area contributed by atoms with E-state index < -0.39 is 0 Å². The molecule has 66 valence electrons. The molecule has 0 saturated carbocycles. The van der Waals surface area contributed by atoms with Gasteiger partial charge in [-0.2, -0.15) is 10.3 Å². The molecule has 1 aliphatic rings. The molecule has 3 rings (SSSR count). The van der Waals surface area contributed by atoms with Gasteiger partial charge < -0.3 is 5.32 Å². The van der Waals surface area contributed by atoms with Gasteiger partial charge >= 0.3 is 0 Å². The fourth-order valence-electron chi connectivity index (χ4n) is 1.50. The molecule has 0 aromatic carbocycles. The Morgan fingerprint density at radius 2 is 2.23 bits per heavy atom. The van der Waals surface area contributed by atoms with Crippen LogP contribution in [0.3, 0.4) is 0 Å². The van der Waals surface area contributed by atoms with Gasteiger partial charge in [-0.05, 0) is 11.6 Å². The van der Waals surface area contributed by atoms with E-state index in [2.05, 4.69) is 31.8 Å². The highest BCUT2D eigenvalue weighted by molar-refractivity contribution is 5.69. The van der Waals surface area contributed by atoms with Gasteiger partial charge in [-0.3, -0.25) is 0 Å². The summed E-state index contributed by atoms with van der Waals surface area (Å²) >= 11 is 0. The molecule has 0 spiro atoms. The predicted octanol–water partition coefficient (Wildman–Crippen LogP) is 0.0397. The molecule has 0 bridgehead atoms. The van der Waals surface area contributed by atoms with E-state index in [1.165, 1.54) is 5.56 Å². The minimum absolute atomic E-state index is 0.605. The molecule has 3 heterocycles. The average Bonchev–Trinajstić information content (AvgIpc) is 2.47. The summed E-state index contributed by atoms with van der Waals surface area (Å²) in [5.41, 5.74) is 2.79. The van der Waals surface area contributed by atoms with Crippen molar-refractivity contribution in [2.75, 3.05) is 13.1 Å². The van der Waals surface area contributed by atoms with Crippen molar-refractivity contribution in [2.45, 2.75) is 5.92 Å². The number of H-pyrrole nitrogens is 1.